The molecule has 0 fully saturated rings. The number of rotatable bonds is 6. The van der Waals surface area contributed by atoms with Gasteiger partial charge in [-0.3, -0.25) is 4.79 Å². The molecule has 0 aliphatic rings. The van der Waals surface area contributed by atoms with Gasteiger partial charge >= 0.3 is 5.97 Å². The highest BCUT2D eigenvalue weighted by Crippen LogP contribution is 2.16. The van der Waals surface area contributed by atoms with Gasteiger partial charge < -0.3 is 10.1 Å². The predicted molar refractivity (Wildman–Crippen MR) is 86.6 cm³/mol. The molecule has 4 heteroatoms. The number of nitrogens with one attached hydrogen (secondary N) is 1. The zero-order valence-electron chi connectivity index (χ0n) is 12.5. The van der Waals surface area contributed by atoms with Crippen molar-refractivity contribution >= 4 is 22.6 Å². The molecule has 2 aromatic rings. The van der Waals surface area contributed by atoms with Gasteiger partial charge in [0.1, 0.15) is 6.04 Å². The van der Waals surface area contributed by atoms with E-state index < -0.39 is 12.0 Å². The molecule has 114 valence electrons. The fourth-order valence-electron chi connectivity index (χ4n) is 2.25. The molecule has 0 heterocycles. The molecule has 2 rings (SSSR count). The van der Waals surface area contributed by atoms with Gasteiger partial charge in [0.25, 0.3) is 5.91 Å². The van der Waals surface area contributed by atoms with E-state index >= 15 is 0 Å². The zero-order valence-corrected chi connectivity index (χ0v) is 12.5. The van der Waals surface area contributed by atoms with Crippen LogP contribution in [0.3, 0.4) is 0 Å². The number of fused-ring (bicyclic) bond motifs is 1. The maximum atomic E-state index is 12.3. The number of hydrogen-bond acceptors (Lipinski definition) is 3. The molecule has 0 bridgehead atoms. The van der Waals surface area contributed by atoms with E-state index in [2.05, 4.69) is 11.9 Å². The van der Waals surface area contributed by atoms with Crippen LogP contribution in [-0.2, 0) is 9.53 Å². The van der Waals surface area contributed by atoms with Gasteiger partial charge in [0.2, 0.25) is 0 Å². The van der Waals surface area contributed by atoms with Crippen LogP contribution >= 0.6 is 0 Å². The minimum absolute atomic E-state index is 0.287. The lowest BCUT2D eigenvalue weighted by Gasteiger charge is -2.16. The first kappa shape index (κ1) is 15.8. The maximum absolute atomic E-state index is 12.3. The van der Waals surface area contributed by atoms with Crippen LogP contribution in [0, 0.1) is 0 Å². The van der Waals surface area contributed by atoms with Crippen molar-refractivity contribution in [2.75, 3.05) is 7.11 Å². The Hall–Kier alpha value is -2.62. The molecule has 0 saturated heterocycles. The molecule has 0 radical (unpaired) electrons. The average Bonchev–Trinajstić information content (AvgIpc) is 2.57. The lowest BCUT2D eigenvalue weighted by Crippen LogP contribution is -2.41. The third kappa shape index (κ3) is 3.73. The smallest absolute Gasteiger partial charge is 0.328 e. The molecule has 0 aliphatic heterocycles. The Kier molecular flexibility index (Phi) is 5.31. The molecule has 1 amide bonds. The first-order valence-electron chi connectivity index (χ1n) is 7.14. The number of amides is 1. The topological polar surface area (TPSA) is 55.4 Å². The summed E-state index contributed by atoms with van der Waals surface area (Å²) in [4.78, 5) is 24.1. The molecule has 1 atom stereocenters. The summed E-state index contributed by atoms with van der Waals surface area (Å²) in [7, 11) is 1.31. The molecular weight excluding hydrogens is 278 g/mol. The minimum atomic E-state index is -0.665. The molecule has 0 spiro atoms. The van der Waals surface area contributed by atoms with Crippen molar-refractivity contribution in [3.05, 3.63) is 60.7 Å². The minimum Gasteiger partial charge on any atom is -0.467 e. The van der Waals surface area contributed by atoms with E-state index in [1.165, 1.54) is 7.11 Å². The van der Waals surface area contributed by atoms with Crippen molar-refractivity contribution in [2.45, 2.75) is 18.9 Å². The highest BCUT2D eigenvalue weighted by Gasteiger charge is 2.21. The molecule has 0 saturated carbocycles. The van der Waals surface area contributed by atoms with Crippen molar-refractivity contribution in [1.29, 1.82) is 0 Å². The SMILES string of the molecule is C=CCC[C@@H](NC(=O)c1ccc2ccccc2c1)C(=O)OC. The lowest BCUT2D eigenvalue weighted by atomic mass is 10.1. The van der Waals surface area contributed by atoms with Crippen molar-refractivity contribution in [3.8, 4) is 0 Å². The Morgan fingerprint density at radius 3 is 2.64 bits per heavy atom. The van der Waals surface area contributed by atoms with Crippen LogP contribution in [0.25, 0.3) is 10.8 Å². The molecular formula is C18H19NO3. The van der Waals surface area contributed by atoms with Gasteiger partial charge in [-0.15, -0.1) is 6.58 Å². The van der Waals surface area contributed by atoms with E-state index in [0.717, 1.165) is 10.8 Å². The van der Waals surface area contributed by atoms with Crippen LogP contribution in [0.15, 0.2) is 55.1 Å². The quantitative estimate of drug-likeness (QED) is 0.658. The summed E-state index contributed by atoms with van der Waals surface area (Å²) in [6, 6.07) is 12.6. The van der Waals surface area contributed by atoms with Crippen LogP contribution < -0.4 is 5.32 Å². The summed E-state index contributed by atoms with van der Waals surface area (Å²) in [5.74, 6) is -0.735. The molecule has 2 aromatic carbocycles. The second-order valence-electron chi connectivity index (χ2n) is 4.98. The van der Waals surface area contributed by atoms with Gasteiger partial charge in [0.05, 0.1) is 7.11 Å². The third-order valence-corrected chi connectivity index (χ3v) is 3.46. The predicted octanol–water partition coefficient (Wildman–Crippen LogP) is 3.08. The summed E-state index contributed by atoms with van der Waals surface area (Å²) in [5, 5.41) is 4.77. The molecule has 1 N–H and O–H groups in total. The monoisotopic (exact) mass is 297 g/mol. The van der Waals surface area contributed by atoms with Gasteiger partial charge in [0, 0.05) is 5.56 Å². The van der Waals surface area contributed by atoms with Gasteiger partial charge in [-0.05, 0) is 35.7 Å². The molecule has 0 aliphatic carbocycles. The van der Waals surface area contributed by atoms with E-state index in [4.69, 9.17) is 4.74 Å². The second kappa shape index (κ2) is 7.41. The largest absolute Gasteiger partial charge is 0.467 e. The highest BCUT2D eigenvalue weighted by molar-refractivity contribution is 6.00. The van der Waals surface area contributed by atoms with E-state index in [1.807, 2.05) is 36.4 Å². The van der Waals surface area contributed by atoms with Gasteiger partial charge in [0.15, 0.2) is 0 Å². The standard InChI is InChI=1S/C18H19NO3/c1-3-4-9-16(18(21)22-2)19-17(20)15-11-10-13-7-5-6-8-14(13)12-15/h3,5-8,10-12,16H,1,4,9H2,2H3,(H,19,20)/t16-/m1/s1. The van der Waals surface area contributed by atoms with Crippen LogP contribution in [0.2, 0.25) is 0 Å². The van der Waals surface area contributed by atoms with Crippen molar-refractivity contribution < 1.29 is 14.3 Å². The first-order chi connectivity index (χ1) is 10.7. The molecule has 22 heavy (non-hydrogen) atoms. The third-order valence-electron chi connectivity index (χ3n) is 3.46. The van der Waals surface area contributed by atoms with Crippen molar-refractivity contribution in [2.24, 2.45) is 0 Å². The van der Waals surface area contributed by atoms with E-state index in [-0.39, 0.29) is 5.91 Å². The van der Waals surface area contributed by atoms with Gasteiger partial charge in [-0.2, -0.15) is 0 Å². The van der Waals surface area contributed by atoms with Crippen LogP contribution in [-0.4, -0.2) is 25.0 Å². The van der Waals surface area contributed by atoms with Crippen molar-refractivity contribution in [3.63, 3.8) is 0 Å². The Balaban J connectivity index is 2.16. The summed E-state index contributed by atoms with van der Waals surface area (Å²) >= 11 is 0. The molecule has 4 nitrogen and oxygen atoms in total. The van der Waals surface area contributed by atoms with Gasteiger partial charge in [-0.25, -0.2) is 4.79 Å². The van der Waals surface area contributed by atoms with Crippen LogP contribution in [0.5, 0.6) is 0 Å². The number of methoxy groups -OCH3 is 1. The fraction of sp³-hybridized carbons (Fsp3) is 0.222. The van der Waals surface area contributed by atoms with E-state index in [1.54, 1.807) is 12.1 Å². The van der Waals surface area contributed by atoms with Crippen LogP contribution in [0.4, 0.5) is 0 Å². The second-order valence-corrected chi connectivity index (χ2v) is 4.98. The first-order valence-corrected chi connectivity index (χ1v) is 7.14. The Labute approximate surface area is 129 Å². The number of ether oxygens (including phenoxy) is 1. The summed E-state index contributed by atoms with van der Waals surface area (Å²) in [5.41, 5.74) is 0.520. The van der Waals surface area contributed by atoms with Crippen molar-refractivity contribution in [1.82, 2.24) is 5.32 Å². The van der Waals surface area contributed by atoms with Gasteiger partial charge in [-0.1, -0.05) is 36.4 Å². The van der Waals surface area contributed by atoms with Crippen LogP contribution in [0.1, 0.15) is 23.2 Å². The summed E-state index contributed by atoms with van der Waals surface area (Å²) in [6.07, 6.45) is 2.80. The Morgan fingerprint density at radius 2 is 1.95 bits per heavy atom. The number of hydrogen-bond donors (Lipinski definition) is 1. The summed E-state index contributed by atoms with van der Waals surface area (Å²) < 4.78 is 4.73. The Morgan fingerprint density at radius 1 is 1.23 bits per heavy atom. The lowest BCUT2D eigenvalue weighted by molar-refractivity contribution is -0.143. The zero-order chi connectivity index (χ0) is 15.9. The fourth-order valence-corrected chi connectivity index (χ4v) is 2.25. The number of esters is 1. The Bertz CT molecular complexity index is 694. The van der Waals surface area contributed by atoms with E-state index in [9.17, 15) is 9.59 Å². The average molecular weight is 297 g/mol. The number of carbonyl (C=O) groups excluding carboxylic acids is 2. The highest BCUT2D eigenvalue weighted by atomic mass is 16.5. The summed E-state index contributed by atoms with van der Waals surface area (Å²) in [6.45, 7) is 3.62. The maximum Gasteiger partial charge on any atom is 0.328 e. The normalized spacial score (nSPS) is 11.7. The number of carbonyl (C=O) groups is 2. The number of benzene rings is 2. The van der Waals surface area contributed by atoms with E-state index in [0.29, 0.717) is 18.4 Å². The molecule has 0 unspecified atom stereocenters. The molecule has 0 aromatic heterocycles. The number of allylic oxidation sites excluding steroid dienone is 1.